The fourth-order valence-electron chi connectivity index (χ4n) is 3.66. The summed E-state index contributed by atoms with van der Waals surface area (Å²) in [4.78, 5) is 16.6. The van der Waals surface area contributed by atoms with E-state index >= 15 is 0 Å². The van der Waals surface area contributed by atoms with Crippen LogP contribution in [-0.2, 0) is 14.8 Å². The average Bonchev–Trinajstić information content (AvgIpc) is 3.06. The van der Waals surface area contributed by atoms with Crippen LogP contribution in [0.15, 0.2) is 24.3 Å². The van der Waals surface area contributed by atoms with Crippen LogP contribution in [0.2, 0.25) is 0 Å². The number of hydrogen-bond donors (Lipinski definition) is 0. The summed E-state index contributed by atoms with van der Waals surface area (Å²) in [5.41, 5.74) is 0.958. The first-order valence-corrected chi connectivity index (χ1v) is 11.5. The highest BCUT2D eigenvalue weighted by Gasteiger charge is 2.30. The number of ether oxygens (including phenoxy) is 1. The molecule has 2 aliphatic rings. The molecule has 1 amide bonds. The highest BCUT2D eigenvalue weighted by molar-refractivity contribution is 7.93. The molecule has 0 aromatic heterocycles. The van der Waals surface area contributed by atoms with Crippen molar-refractivity contribution >= 4 is 21.6 Å². The maximum atomic E-state index is 12.8. The highest BCUT2D eigenvalue weighted by atomic mass is 32.2. The molecule has 3 rings (SSSR count). The molecule has 168 valence electrons. The summed E-state index contributed by atoms with van der Waals surface area (Å²) in [5, 5.41) is 0. The topological polar surface area (TPSA) is 70.2 Å². The van der Waals surface area contributed by atoms with Gasteiger partial charge in [-0.15, -0.1) is 0 Å². The van der Waals surface area contributed by atoms with Gasteiger partial charge in [-0.2, -0.15) is 13.2 Å². The zero-order valence-electron chi connectivity index (χ0n) is 16.6. The van der Waals surface area contributed by atoms with E-state index in [4.69, 9.17) is 0 Å². The molecule has 30 heavy (non-hydrogen) atoms. The number of carbonyl (C=O) groups is 1. The van der Waals surface area contributed by atoms with E-state index in [0.29, 0.717) is 63.4 Å². The van der Waals surface area contributed by atoms with Gasteiger partial charge in [0.1, 0.15) is 6.61 Å². The summed E-state index contributed by atoms with van der Waals surface area (Å²) in [7, 11) is -3.31. The summed E-state index contributed by atoms with van der Waals surface area (Å²) in [6.45, 7) is 2.13. The van der Waals surface area contributed by atoms with Crippen molar-refractivity contribution in [2.45, 2.75) is 19.0 Å². The molecule has 2 saturated heterocycles. The second-order valence-corrected chi connectivity index (χ2v) is 9.46. The van der Waals surface area contributed by atoms with Crippen molar-refractivity contribution in [1.29, 1.82) is 0 Å². The number of rotatable bonds is 7. The molecular formula is C19H26F3N3O4S. The summed E-state index contributed by atoms with van der Waals surface area (Å²) < 4.78 is 66.3. The maximum Gasteiger partial charge on any atom is 0.411 e. The third kappa shape index (κ3) is 6.08. The third-order valence-electron chi connectivity index (χ3n) is 5.17. The van der Waals surface area contributed by atoms with Crippen molar-refractivity contribution in [2.75, 3.05) is 62.5 Å². The van der Waals surface area contributed by atoms with E-state index in [2.05, 4.69) is 9.64 Å². The maximum absolute atomic E-state index is 12.8. The van der Waals surface area contributed by atoms with Crippen LogP contribution in [0.5, 0.6) is 0 Å². The lowest BCUT2D eigenvalue weighted by Crippen LogP contribution is -2.49. The fraction of sp³-hybridized carbons (Fsp3) is 0.632. The average molecular weight is 449 g/mol. The number of anilines is 1. The minimum atomic E-state index is -4.30. The SMILES string of the molecule is O=C(c1cccc(N2CCCS2(=O)=O)c1)N1CCN(CCCOCC(F)(F)F)CC1. The van der Waals surface area contributed by atoms with E-state index in [0.717, 1.165) is 0 Å². The molecule has 1 aromatic rings. The number of hydrogen-bond acceptors (Lipinski definition) is 5. The van der Waals surface area contributed by atoms with Crippen LogP contribution in [0.4, 0.5) is 18.9 Å². The lowest BCUT2D eigenvalue weighted by molar-refractivity contribution is -0.174. The second kappa shape index (κ2) is 9.52. The standard InChI is InChI=1S/C19H26F3N3O4S/c20-19(21,22)15-29-12-2-6-23-8-10-24(11-9-23)18(26)16-4-1-5-17(14-16)25-7-3-13-30(25,27)28/h1,4-5,14H,2-3,6-13,15H2. The van der Waals surface area contributed by atoms with E-state index in [1.54, 1.807) is 29.2 Å². The zero-order valence-corrected chi connectivity index (χ0v) is 17.4. The van der Waals surface area contributed by atoms with Crippen LogP contribution in [0, 0.1) is 0 Å². The first kappa shape index (κ1) is 22.8. The van der Waals surface area contributed by atoms with Gasteiger partial charge < -0.3 is 9.64 Å². The van der Waals surface area contributed by atoms with Crippen molar-refractivity contribution < 1.29 is 31.1 Å². The molecule has 2 heterocycles. The summed E-state index contributed by atoms with van der Waals surface area (Å²) >= 11 is 0. The molecule has 7 nitrogen and oxygen atoms in total. The van der Waals surface area contributed by atoms with Gasteiger partial charge >= 0.3 is 6.18 Å². The summed E-state index contributed by atoms with van der Waals surface area (Å²) in [5.74, 6) is -0.0319. The van der Waals surface area contributed by atoms with Crippen LogP contribution < -0.4 is 4.31 Å². The fourth-order valence-corrected chi connectivity index (χ4v) is 5.22. The number of amides is 1. The molecule has 0 aliphatic carbocycles. The quantitative estimate of drug-likeness (QED) is 0.596. The van der Waals surface area contributed by atoms with Crippen LogP contribution >= 0.6 is 0 Å². The third-order valence-corrected chi connectivity index (χ3v) is 7.04. The number of carbonyl (C=O) groups excluding carboxylic acids is 1. The predicted octanol–water partition coefficient (Wildman–Crippen LogP) is 1.95. The largest absolute Gasteiger partial charge is 0.411 e. The van der Waals surface area contributed by atoms with Gasteiger partial charge in [-0.25, -0.2) is 8.42 Å². The normalized spacial score (nSPS) is 20.0. The molecule has 0 atom stereocenters. The Morgan fingerprint density at radius 1 is 1.10 bits per heavy atom. The van der Waals surface area contributed by atoms with E-state index in [1.807, 2.05) is 0 Å². The first-order chi connectivity index (χ1) is 14.2. The summed E-state index contributed by atoms with van der Waals surface area (Å²) in [6.07, 6.45) is -3.23. The van der Waals surface area contributed by atoms with E-state index in [-0.39, 0.29) is 18.3 Å². The molecule has 1 aromatic carbocycles. The van der Waals surface area contributed by atoms with Gasteiger partial charge in [0.05, 0.1) is 11.4 Å². The van der Waals surface area contributed by atoms with Crippen LogP contribution in [0.3, 0.4) is 0 Å². The van der Waals surface area contributed by atoms with Crippen LogP contribution in [0.25, 0.3) is 0 Å². The Labute approximate surface area is 174 Å². The molecule has 0 N–H and O–H groups in total. The van der Waals surface area contributed by atoms with Gasteiger partial charge in [-0.1, -0.05) is 6.07 Å². The summed E-state index contributed by atoms with van der Waals surface area (Å²) in [6, 6.07) is 6.68. The number of nitrogens with zero attached hydrogens (tertiary/aromatic N) is 3. The molecule has 2 fully saturated rings. The Bertz CT molecular complexity index is 840. The van der Waals surface area contributed by atoms with E-state index < -0.39 is 22.8 Å². The highest BCUT2D eigenvalue weighted by Crippen LogP contribution is 2.25. The van der Waals surface area contributed by atoms with Gasteiger partial charge in [0.2, 0.25) is 10.0 Å². The minimum Gasteiger partial charge on any atom is -0.372 e. The van der Waals surface area contributed by atoms with Crippen LogP contribution in [0.1, 0.15) is 23.2 Å². The van der Waals surface area contributed by atoms with Crippen molar-refractivity contribution in [3.05, 3.63) is 29.8 Å². The van der Waals surface area contributed by atoms with Gasteiger partial charge in [-0.3, -0.25) is 14.0 Å². The Morgan fingerprint density at radius 3 is 2.47 bits per heavy atom. The Balaban J connectivity index is 1.47. The van der Waals surface area contributed by atoms with Gasteiger partial charge in [0.15, 0.2) is 0 Å². The van der Waals surface area contributed by atoms with Gasteiger partial charge in [0.25, 0.3) is 5.91 Å². The molecule has 11 heteroatoms. The van der Waals surface area contributed by atoms with Crippen molar-refractivity contribution in [3.63, 3.8) is 0 Å². The Hall–Kier alpha value is -1.85. The number of piperazine rings is 1. The number of halogens is 3. The lowest BCUT2D eigenvalue weighted by Gasteiger charge is -2.35. The monoisotopic (exact) mass is 449 g/mol. The molecule has 0 unspecified atom stereocenters. The number of benzene rings is 1. The van der Waals surface area contributed by atoms with Crippen molar-refractivity contribution in [3.8, 4) is 0 Å². The molecule has 0 bridgehead atoms. The second-order valence-electron chi connectivity index (χ2n) is 7.45. The number of alkyl halides is 3. The predicted molar refractivity (Wildman–Crippen MR) is 106 cm³/mol. The van der Waals surface area contributed by atoms with Gasteiger partial charge in [-0.05, 0) is 31.0 Å². The Kier molecular flexibility index (Phi) is 7.25. The molecule has 0 saturated carbocycles. The number of sulfonamides is 1. The first-order valence-electron chi connectivity index (χ1n) is 9.92. The smallest absolute Gasteiger partial charge is 0.372 e. The minimum absolute atomic E-state index is 0.0465. The zero-order chi connectivity index (χ0) is 21.8. The molecular weight excluding hydrogens is 423 g/mol. The van der Waals surface area contributed by atoms with E-state index in [1.165, 1.54) is 4.31 Å². The van der Waals surface area contributed by atoms with Gasteiger partial charge in [0, 0.05) is 51.4 Å². The lowest BCUT2D eigenvalue weighted by atomic mass is 10.1. The van der Waals surface area contributed by atoms with Crippen LogP contribution in [-0.4, -0.2) is 88.5 Å². The molecule has 0 spiro atoms. The molecule has 0 radical (unpaired) electrons. The van der Waals surface area contributed by atoms with Crippen molar-refractivity contribution in [2.24, 2.45) is 0 Å². The molecule has 2 aliphatic heterocycles. The van der Waals surface area contributed by atoms with E-state index in [9.17, 15) is 26.4 Å². The van der Waals surface area contributed by atoms with Crippen molar-refractivity contribution in [1.82, 2.24) is 9.80 Å². The Morgan fingerprint density at radius 2 is 1.83 bits per heavy atom.